The highest BCUT2D eigenvalue weighted by Gasteiger charge is 2.32. The number of aryl methyl sites for hydroxylation is 1. The molecule has 0 amide bonds. The summed E-state index contributed by atoms with van der Waals surface area (Å²) in [5.74, 6) is 0.295. The Kier molecular flexibility index (Phi) is 3.15. The summed E-state index contributed by atoms with van der Waals surface area (Å²) in [6.45, 7) is 5.11. The van der Waals surface area contributed by atoms with Crippen LogP contribution in [0.5, 0.6) is 0 Å². The van der Waals surface area contributed by atoms with Crippen molar-refractivity contribution in [2.24, 2.45) is 0 Å². The number of anilines is 1. The van der Waals surface area contributed by atoms with Crippen molar-refractivity contribution in [2.75, 3.05) is 5.73 Å². The lowest BCUT2D eigenvalue weighted by Gasteiger charge is -2.18. The Morgan fingerprint density at radius 1 is 1.32 bits per heavy atom. The van der Waals surface area contributed by atoms with E-state index in [1.165, 1.54) is 13.3 Å². The Labute approximate surface area is 108 Å². The molecular formula is C12H15F3N4. The number of hydrogen-bond donors (Lipinski definition) is 1. The van der Waals surface area contributed by atoms with Crippen LogP contribution in [0.4, 0.5) is 19.0 Å². The lowest BCUT2D eigenvalue weighted by Crippen LogP contribution is -2.17. The number of fused-ring (bicyclic) bond motifs is 1. The molecule has 2 rings (SSSR count). The maximum atomic E-state index is 12.5. The van der Waals surface area contributed by atoms with E-state index < -0.39 is 18.6 Å². The zero-order valence-corrected chi connectivity index (χ0v) is 10.9. The van der Waals surface area contributed by atoms with Crippen LogP contribution in [0.15, 0.2) is 6.33 Å². The highest BCUT2D eigenvalue weighted by atomic mass is 19.4. The molecular weight excluding hydrogens is 257 g/mol. The first-order valence-corrected chi connectivity index (χ1v) is 5.86. The van der Waals surface area contributed by atoms with Crippen molar-refractivity contribution >= 4 is 16.9 Å². The number of nitrogen functional groups attached to an aromatic ring is 1. The number of nitrogens with two attached hydrogens (primary N) is 1. The van der Waals surface area contributed by atoms with Gasteiger partial charge < -0.3 is 10.3 Å². The second-order valence-corrected chi connectivity index (χ2v) is 4.71. The SMILES string of the molecule is Cc1c(C)n(C(C)CC(F)(F)F)c2ncnc(N)c12. The third kappa shape index (κ3) is 2.36. The van der Waals surface area contributed by atoms with E-state index in [4.69, 9.17) is 5.73 Å². The van der Waals surface area contributed by atoms with E-state index in [-0.39, 0.29) is 0 Å². The minimum Gasteiger partial charge on any atom is -0.383 e. The predicted molar refractivity (Wildman–Crippen MR) is 66.8 cm³/mol. The van der Waals surface area contributed by atoms with Crippen LogP contribution < -0.4 is 5.73 Å². The summed E-state index contributed by atoms with van der Waals surface area (Å²) in [5, 5.41) is 0.633. The Morgan fingerprint density at radius 2 is 1.95 bits per heavy atom. The van der Waals surface area contributed by atoms with Crippen LogP contribution in [0.2, 0.25) is 0 Å². The molecule has 4 nitrogen and oxygen atoms in total. The zero-order valence-electron chi connectivity index (χ0n) is 10.9. The molecule has 0 radical (unpaired) electrons. The molecule has 0 aliphatic rings. The summed E-state index contributed by atoms with van der Waals surface area (Å²) in [6, 6.07) is -0.731. The first-order valence-electron chi connectivity index (χ1n) is 5.86. The number of aromatic nitrogens is 3. The molecule has 19 heavy (non-hydrogen) atoms. The summed E-state index contributed by atoms with van der Waals surface area (Å²) < 4.78 is 39.2. The molecule has 0 bridgehead atoms. The van der Waals surface area contributed by atoms with Crippen molar-refractivity contribution in [2.45, 2.75) is 39.4 Å². The average Bonchev–Trinajstić information content (AvgIpc) is 2.50. The topological polar surface area (TPSA) is 56.7 Å². The molecule has 0 fully saturated rings. The number of hydrogen-bond acceptors (Lipinski definition) is 3. The minimum absolute atomic E-state index is 0.295. The fraction of sp³-hybridized carbons (Fsp3) is 0.500. The van der Waals surface area contributed by atoms with E-state index in [1.807, 2.05) is 6.92 Å². The normalized spacial score (nSPS) is 14.0. The standard InChI is InChI=1S/C12H15F3N4/c1-6(4-12(13,14)15)19-8(3)7(2)9-10(16)17-5-18-11(9)19/h5-6H,4H2,1-3H3,(H2,16,17,18). The summed E-state index contributed by atoms with van der Waals surface area (Å²) in [7, 11) is 0. The number of rotatable bonds is 2. The first-order chi connectivity index (χ1) is 8.72. The van der Waals surface area contributed by atoms with Gasteiger partial charge in [-0.05, 0) is 26.3 Å². The van der Waals surface area contributed by atoms with Gasteiger partial charge in [-0.1, -0.05) is 0 Å². The van der Waals surface area contributed by atoms with Gasteiger partial charge in [0.05, 0.1) is 11.8 Å². The van der Waals surface area contributed by atoms with Gasteiger partial charge in [0, 0.05) is 11.7 Å². The number of nitrogens with zero attached hydrogens (tertiary/aromatic N) is 3. The van der Waals surface area contributed by atoms with Gasteiger partial charge in [0.2, 0.25) is 0 Å². The highest BCUT2D eigenvalue weighted by Crippen LogP contribution is 2.34. The van der Waals surface area contributed by atoms with Gasteiger partial charge in [-0.3, -0.25) is 0 Å². The molecule has 1 atom stereocenters. The molecule has 0 saturated heterocycles. The molecule has 2 heterocycles. The number of halogens is 3. The van der Waals surface area contributed by atoms with E-state index in [9.17, 15) is 13.2 Å². The van der Waals surface area contributed by atoms with Gasteiger partial charge >= 0.3 is 6.18 Å². The Bertz CT molecular complexity index is 615. The molecule has 0 aliphatic heterocycles. The molecule has 2 N–H and O–H groups in total. The van der Waals surface area contributed by atoms with Crippen LogP contribution in [-0.2, 0) is 0 Å². The van der Waals surface area contributed by atoms with Gasteiger partial charge in [-0.2, -0.15) is 13.2 Å². The van der Waals surface area contributed by atoms with Crippen LogP contribution in [0.3, 0.4) is 0 Å². The zero-order chi connectivity index (χ0) is 14.4. The highest BCUT2D eigenvalue weighted by molar-refractivity contribution is 5.90. The lowest BCUT2D eigenvalue weighted by atomic mass is 10.2. The van der Waals surface area contributed by atoms with Crippen LogP contribution in [0, 0.1) is 13.8 Å². The second-order valence-electron chi connectivity index (χ2n) is 4.71. The molecule has 0 aromatic carbocycles. The Hall–Kier alpha value is -1.79. The van der Waals surface area contributed by atoms with E-state index in [0.717, 1.165) is 11.3 Å². The molecule has 1 unspecified atom stereocenters. The van der Waals surface area contributed by atoms with Crippen LogP contribution >= 0.6 is 0 Å². The molecule has 2 aromatic rings. The maximum Gasteiger partial charge on any atom is 0.391 e. The summed E-state index contributed by atoms with van der Waals surface area (Å²) >= 11 is 0. The van der Waals surface area contributed by atoms with Crippen molar-refractivity contribution in [3.05, 3.63) is 17.6 Å². The van der Waals surface area contributed by atoms with Crippen LogP contribution in [-0.4, -0.2) is 20.7 Å². The van der Waals surface area contributed by atoms with Crippen molar-refractivity contribution < 1.29 is 13.2 Å². The summed E-state index contributed by atoms with van der Waals surface area (Å²) in [4.78, 5) is 7.97. The van der Waals surface area contributed by atoms with E-state index >= 15 is 0 Å². The molecule has 7 heteroatoms. The molecule has 104 valence electrons. The fourth-order valence-electron chi connectivity index (χ4n) is 2.42. The van der Waals surface area contributed by atoms with E-state index in [1.54, 1.807) is 11.5 Å². The maximum absolute atomic E-state index is 12.5. The lowest BCUT2D eigenvalue weighted by molar-refractivity contribution is -0.141. The third-order valence-electron chi connectivity index (χ3n) is 3.33. The van der Waals surface area contributed by atoms with Crippen molar-refractivity contribution in [1.29, 1.82) is 0 Å². The second kappa shape index (κ2) is 4.40. The molecule has 2 aromatic heterocycles. The van der Waals surface area contributed by atoms with Gasteiger partial charge in [-0.25, -0.2) is 9.97 Å². The van der Waals surface area contributed by atoms with Gasteiger partial charge in [-0.15, -0.1) is 0 Å². The summed E-state index contributed by atoms with van der Waals surface area (Å²) in [5.41, 5.74) is 7.79. The van der Waals surface area contributed by atoms with Crippen molar-refractivity contribution in [3.63, 3.8) is 0 Å². The Balaban J connectivity index is 2.61. The summed E-state index contributed by atoms with van der Waals surface area (Å²) in [6.07, 6.45) is -3.84. The Morgan fingerprint density at radius 3 is 2.53 bits per heavy atom. The third-order valence-corrected chi connectivity index (χ3v) is 3.33. The fourth-order valence-corrected chi connectivity index (χ4v) is 2.42. The molecule has 0 aliphatic carbocycles. The van der Waals surface area contributed by atoms with Crippen LogP contribution in [0.25, 0.3) is 11.0 Å². The minimum atomic E-state index is -4.21. The van der Waals surface area contributed by atoms with E-state index in [2.05, 4.69) is 9.97 Å². The molecule has 0 spiro atoms. The van der Waals surface area contributed by atoms with Gasteiger partial charge in [0.25, 0.3) is 0 Å². The predicted octanol–water partition coefficient (Wildman–Crippen LogP) is 3.14. The largest absolute Gasteiger partial charge is 0.391 e. The van der Waals surface area contributed by atoms with Crippen molar-refractivity contribution in [1.82, 2.24) is 14.5 Å². The van der Waals surface area contributed by atoms with Gasteiger partial charge in [0.1, 0.15) is 17.8 Å². The van der Waals surface area contributed by atoms with Crippen molar-refractivity contribution in [3.8, 4) is 0 Å². The monoisotopic (exact) mass is 272 g/mol. The molecule has 0 saturated carbocycles. The quantitative estimate of drug-likeness (QED) is 0.913. The first kappa shape index (κ1) is 13.6. The van der Waals surface area contributed by atoms with Crippen LogP contribution in [0.1, 0.15) is 30.6 Å². The van der Waals surface area contributed by atoms with E-state index in [0.29, 0.717) is 16.9 Å². The average molecular weight is 272 g/mol. The van der Waals surface area contributed by atoms with Gasteiger partial charge in [0.15, 0.2) is 0 Å². The number of alkyl halides is 3. The smallest absolute Gasteiger partial charge is 0.383 e.